The number of thioether (sulfide) groups is 1. The van der Waals surface area contributed by atoms with Gasteiger partial charge in [0.2, 0.25) is 5.91 Å². The molecule has 0 unspecified atom stereocenters. The Bertz CT molecular complexity index is 1060. The van der Waals surface area contributed by atoms with Crippen LogP contribution in [0.5, 0.6) is 0 Å². The number of hydrogen-bond acceptors (Lipinski definition) is 5. The summed E-state index contributed by atoms with van der Waals surface area (Å²) >= 11 is 3.00. The van der Waals surface area contributed by atoms with Crippen LogP contribution in [-0.4, -0.2) is 26.3 Å². The number of rotatable bonds is 6. The third-order valence-electron chi connectivity index (χ3n) is 3.87. The highest BCUT2D eigenvalue weighted by atomic mass is 32.2. The van der Waals surface area contributed by atoms with Gasteiger partial charge in [-0.15, -0.1) is 11.3 Å². The Balaban J connectivity index is 1.41. The highest BCUT2D eigenvalue weighted by molar-refractivity contribution is 8.00. The van der Waals surface area contributed by atoms with Crippen LogP contribution in [0.25, 0.3) is 16.1 Å². The van der Waals surface area contributed by atoms with E-state index < -0.39 is 0 Å². The second kappa shape index (κ2) is 7.89. The van der Waals surface area contributed by atoms with Crippen molar-refractivity contribution in [3.8, 4) is 10.6 Å². The molecule has 0 saturated heterocycles. The maximum Gasteiger partial charge on any atom is 0.230 e. The number of hydrogen-bond donors (Lipinski definition) is 1. The van der Waals surface area contributed by atoms with E-state index in [0.29, 0.717) is 6.54 Å². The molecule has 0 spiro atoms. The van der Waals surface area contributed by atoms with Crippen LogP contribution in [0.15, 0.2) is 65.3 Å². The van der Waals surface area contributed by atoms with Crippen LogP contribution in [0, 0.1) is 5.82 Å². The molecule has 0 aliphatic heterocycles. The minimum atomic E-state index is -0.289. The van der Waals surface area contributed by atoms with Gasteiger partial charge in [0, 0.05) is 18.9 Å². The Morgan fingerprint density at radius 1 is 1.26 bits per heavy atom. The largest absolute Gasteiger partial charge is 0.351 e. The van der Waals surface area contributed by atoms with Crippen molar-refractivity contribution in [2.24, 2.45) is 0 Å². The van der Waals surface area contributed by atoms with Gasteiger partial charge < -0.3 is 5.32 Å². The first kappa shape index (κ1) is 17.7. The Kier molecular flexibility index (Phi) is 5.17. The number of fused-ring (bicyclic) bond motifs is 1. The molecule has 8 heteroatoms. The van der Waals surface area contributed by atoms with E-state index in [4.69, 9.17) is 0 Å². The lowest BCUT2D eigenvalue weighted by atomic mass is 10.2. The predicted octanol–water partition coefficient (Wildman–Crippen LogP) is 4.01. The quantitative estimate of drug-likeness (QED) is 0.499. The molecule has 27 heavy (non-hydrogen) atoms. The number of carbonyl (C=O) groups is 1. The molecule has 5 nitrogen and oxygen atoms in total. The lowest BCUT2D eigenvalue weighted by molar-refractivity contribution is -0.118. The Hall–Kier alpha value is -2.71. The monoisotopic (exact) mass is 398 g/mol. The molecule has 0 saturated carbocycles. The fourth-order valence-corrected chi connectivity index (χ4v) is 4.03. The minimum Gasteiger partial charge on any atom is -0.351 e. The average molecular weight is 398 g/mol. The summed E-state index contributed by atoms with van der Waals surface area (Å²) in [5.41, 5.74) is 2.62. The number of amides is 1. The van der Waals surface area contributed by atoms with Gasteiger partial charge in [-0.2, -0.15) is 5.10 Å². The highest BCUT2D eigenvalue weighted by Crippen LogP contribution is 2.28. The van der Waals surface area contributed by atoms with Gasteiger partial charge in [0.1, 0.15) is 16.5 Å². The average Bonchev–Trinajstić information content (AvgIpc) is 3.35. The number of thiophene rings is 1. The van der Waals surface area contributed by atoms with Gasteiger partial charge in [-0.1, -0.05) is 30.0 Å². The van der Waals surface area contributed by atoms with Crippen molar-refractivity contribution in [1.82, 2.24) is 19.9 Å². The summed E-state index contributed by atoms with van der Waals surface area (Å²) in [7, 11) is 0. The van der Waals surface area contributed by atoms with Crippen LogP contribution in [0.3, 0.4) is 0 Å². The molecule has 3 heterocycles. The van der Waals surface area contributed by atoms with E-state index >= 15 is 0 Å². The van der Waals surface area contributed by atoms with Crippen molar-refractivity contribution in [3.63, 3.8) is 0 Å². The predicted molar refractivity (Wildman–Crippen MR) is 105 cm³/mol. The van der Waals surface area contributed by atoms with E-state index in [2.05, 4.69) is 15.4 Å². The maximum absolute atomic E-state index is 12.9. The molecule has 1 amide bonds. The zero-order valence-corrected chi connectivity index (χ0v) is 15.8. The highest BCUT2D eigenvalue weighted by Gasteiger charge is 2.11. The first-order valence-corrected chi connectivity index (χ1v) is 10.1. The van der Waals surface area contributed by atoms with Gasteiger partial charge in [-0.25, -0.2) is 13.9 Å². The molecule has 0 radical (unpaired) electrons. The van der Waals surface area contributed by atoms with Crippen molar-refractivity contribution >= 4 is 34.5 Å². The lowest BCUT2D eigenvalue weighted by Crippen LogP contribution is -2.24. The number of nitrogens with one attached hydrogen (secondary N) is 1. The van der Waals surface area contributed by atoms with Crippen LogP contribution in [0.2, 0.25) is 0 Å². The van der Waals surface area contributed by atoms with Crippen LogP contribution in [0.1, 0.15) is 5.56 Å². The number of nitrogens with zero attached hydrogens (tertiary/aromatic N) is 3. The third kappa shape index (κ3) is 4.17. The molecule has 136 valence electrons. The Morgan fingerprint density at radius 3 is 2.89 bits per heavy atom. The molecule has 0 atom stereocenters. The van der Waals surface area contributed by atoms with Crippen LogP contribution in [-0.2, 0) is 11.3 Å². The Morgan fingerprint density at radius 2 is 2.11 bits per heavy atom. The fraction of sp³-hybridized carbons (Fsp3) is 0.105. The van der Waals surface area contributed by atoms with Crippen LogP contribution >= 0.6 is 23.1 Å². The van der Waals surface area contributed by atoms with E-state index in [0.717, 1.165) is 26.7 Å². The van der Waals surface area contributed by atoms with E-state index in [1.807, 2.05) is 23.6 Å². The molecule has 4 aromatic rings. The number of aromatic nitrogens is 3. The van der Waals surface area contributed by atoms with Gasteiger partial charge in [0.15, 0.2) is 0 Å². The van der Waals surface area contributed by atoms with E-state index in [-0.39, 0.29) is 17.5 Å². The van der Waals surface area contributed by atoms with Crippen LogP contribution in [0.4, 0.5) is 4.39 Å². The van der Waals surface area contributed by atoms with Gasteiger partial charge in [-0.05, 0) is 35.2 Å². The first-order valence-electron chi connectivity index (χ1n) is 8.21. The van der Waals surface area contributed by atoms with Gasteiger partial charge in [0.05, 0.1) is 16.1 Å². The SMILES string of the molecule is O=C(CSc1nccn2nc(-c3cccs3)cc12)NCc1ccc(F)cc1. The maximum atomic E-state index is 12.9. The summed E-state index contributed by atoms with van der Waals surface area (Å²) in [6, 6.07) is 12.1. The summed E-state index contributed by atoms with van der Waals surface area (Å²) < 4.78 is 14.7. The normalized spacial score (nSPS) is 11.0. The van der Waals surface area contributed by atoms with Crippen molar-refractivity contribution in [3.05, 3.63) is 71.6 Å². The first-order chi connectivity index (χ1) is 13.2. The number of halogens is 1. The molecular weight excluding hydrogens is 383 g/mol. The molecule has 0 aliphatic carbocycles. The van der Waals surface area contributed by atoms with Crippen LogP contribution < -0.4 is 5.32 Å². The second-order valence-electron chi connectivity index (χ2n) is 5.76. The zero-order valence-electron chi connectivity index (χ0n) is 14.1. The number of carbonyl (C=O) groups excluding carboxylic acids is 1. The van der Waals surface area contributed by atoms with Crippen molar-refractivity contribution in [1.29, 1.82) is 0 Å². The summed E-state index contributed by atoms with van der Waals surface area (Å²) in [4.78, 5) is 17.6. The van der Waals surface area contributed by atoms with Gasteiger partial charge >= 0.3 is 0 Å². The zero-order chi connectivity index (χ0) is 18.6. The van der Waals surface area contributed by atoms with Crippen molar-refractivity contribution < 1.29 is 9.18 Å². The molecular formula is C19H15FN4OS2. The number of benzene rings is 1. The summed E-state index contributed by atoms with van der Waals surface area (Å²) in [6.45, 7) is 0.368. The third-order valence-corrected chi connectivity index (χ3v) is 5.76. The molecule has 1 N–H and O–H groups in total. The summed E-state index contributed by atoms with van der Waals surface area (Å²) in [6.07, 6.45) is 3.47. The van der Waals surface area contributed by atoms with Crippen molar-refractivity contribution in [2.75, 3.05) is 5.75 Å². The van der Waals surface area contributed by atoms with Gasteiger partial charge in [-0.3, -0.25) is 4.79 Å². The van der Waals surface area contributed by atoms with E-state index in [1.54, 1.807) is 40.4 Å². The smallest absolute Gasteiger partial charge is 0.230 e. The fourth-order valence-electron chi connectivity index (χ4n) is 2.54. The second-order valence-corrected chi connectivity index (χ2v) is 7.67. The van der Waals surface area contributed by atoms with Gasteiger partial charge in [0.25, 0.3) is 0 Å². The van der Waals surface area contributed by atoms with Crippen molar-refractivity contribution in [2.45, 2.75) is 11.6 Å². The van der Waals surface area contributed by atoms with E-state index in [9.17, 15) is 9.18 Å². The minimum absolute atomic E-state index is 0.105. The Labute approximate surface area is 163 Å². The molecule has 3 aromatic heterocycles. The molecule has 1 aromatic carbocycles. The topological polar surface area (TPSA) is 59.3 Å². The standard InChI is InChI=1S/C19H15FN4OS2/c20-14-5-3-13(4-6-14)11-22-18(25)12-27-19-16-10-15(17-2-1-9-26-17)23-24(16)8-7-21-19/h1-10H,11-12H2,(H,22,25). The lowest BCUT2D eigenvalue weighted by Gasteiger charge is -2.06. The molecule has 4 rings (SSSR count). The summed E-state index contributed by atoms with van der Waals surface area (Å²) in [5, 5.41) is 10.2. The molecule has 0 fully saturated rings. The van der Waals surface area contributed by atoms with E-state index in [1.165, 1.54) is 23.9 Å². The molecule has 0 bridgehead atoms. The summed E-state index contributed by atoms with van der Waals surface area (Å²) in [5.74, 6) is -0.151. The molecule has 0 aliphatic rings.